The Morgan fingerprint density at radius 2 is 1.75 bits per heavy atom. The number of benzene rings is 2. The van der Waals surface area contributed by atoms with Gasteiger partial charge in [-0.3, -0.25) is 9.59 Å². The molecule has 1 aliphatic rings. The second-order valence-electron chi connectivity index (χ2n) is 5.71. The van der Waals surface area contributed by atoms with E-state index >= 15 is 0 Å². The van der Waals surface area contributed by atoms with Gasteiger partial charge in [0.05, 0.1) is 5.69 Å². The number of nitrogens with zero attached hydrogens (tertiary/aromatic N) is 1. The average Bonchev–Trinajstić information content (AvgIpc) is 2.94. The molecule has 0 fully saturated rings. The average molecular weight is 320 g/mol. The van der Waals surface area contributed by atoms with Crippen LogP contribution >= 0.6 is 0 Å². The molecule has 4 heteroatoms. The lowest BCUT2D eigenvalue weighted by molar-refractivity contribution is -0.119. The summed E-state index contributed by atoms with van der Waals surface area (Å²) in [4.78, 5) is 24.5. The van der Waals surface area contributed by atoms with Crippen LogP contribution in [-0.2, 0) is 9.59 Å². The highest BCUT2D eigenvalue weighted by molar-refractivity contribution is 6.28. The zero-order valence-electron chi connectivity index (χ0n) is 13.7. The van der Waals surface area contributed by atoms with Crippen molar-refractivity contribution in [3.63, 3.8) is 0 Å². The predicted molar refractivity (Wildman–Crippen MR) is 92.1 cm³/mol. The van der Waals surface area contributed by atoms with Gasteiger partial charge < -0.3 is 4.74 Å². The van der Waals surface area contributed by atoms with Crippen LogP contribution in [0, 0.1) is 6.07 Å². The van der Waals surface area contributed by atoms with E-state index in [2.05, 4.69) is 19.9 Å². The molecule has 0 spiro atoms. The predicted octanol–water partition coefficient (Wildman–Crippen LogP) is 4.22. The van der Waals surface area contributed by atoms with Crippen LogP contribution in [0.25, 0.3) is 0 Å². The molecule has 2 amide bonds. The molecule has 1 radical (unpaired) electrons. The van der Waals surface area contributed by atoms with Crippen LogP contribution in [-0.4, -0.2) is 11.8 Å². The Hall–Kier alpha value is -2.88. The van der Waals surface area contributed by atoms with E-state index in [1.807, 2.05) is 18.2 Å². The summed E-state index contributed by atoms with van der Waals surface area (Å²) >= 11 is 0. The van der Waals surface area contributed by atoms with Gasteiger partial charge in [-0.25, -0.2) is 4.90 Å². The first-order valence-electron chi connectivity index (χ1n) is 7.94. The van der Waals surface area contributed by atoms with E-state index in [-0.39, 0.29) is 11.8 Å². The minimum Gasteiger partial charge on any atom is -0.457 e. The highest BCUT2D eigenvalue weighted by atomic mass is 16.5. The molecule has 0 N–H and O–H groups in total. The van der Waals surface area contributed by atoms with Crippen molar-refractivity contribution in [3.05, 3.63) is 66.2 Å². The molecule has 1 heterocycles. The number of ether oxygens (including phenoxy) is 1. The van der Waals surface area contributed by atoms with E-state index in [4.69, 9.17) is 4.74 Å². The molecule has 0 bridgehead atoms. The maximum absolute atomic E-state index is 11.7. The number of hydrogen-bond acceptors (Lipinski definition) is 3. The lowest BCUT2D eigenvalue weighted by atomic mass is 9.98. The Kier molecular flexibility index (Phi) is 4.47. The molecule has 1 aliphatic heterocycles. The Morgan fingerprint density at radius 3 is 2.38 bits per heavy atom. The molecule has 2 aromatic rings. The number of carbonyl (C=O) groups is 2. The van der Waals surface area contributed by atoms with E-state index in [0.29, 0.717) is 17.4 Å². The molecular weight excluding hydrogens is 302 g/mol. The topological polar surface area (TPSA) is 46.6 Å². The van der Waals surface area contributed by atoms with Crippen LogP contribution in [0.3, 0.4) is 0 Å². The third-order valence-electron chi connectivity index (χ3n) is 4.13. The quantitative estimate of drug-likeness (QED) is 0.775. The molecule has 3 rings (SSSR count). The minimum absolute atomic E-state index is 0.327. The zero-order chi connectivity index (χ0) is 17.1. The van der Waals surface area contributed by atoms with Crippen molar-refractivity contribution < 1.29 is 14.3 Å². The van der Waals surface area contributed by atoms with Gasteiger partial charge in [0.1, 0.15) is 11.5 Å². The lowest BCUT2D eigenvalue weighted by Crippen LogP contribution is -2.29. The van der Waals surface area contributed by atoms with Crippen molar-refractivity contribution in [1.82, 2.24) is 0 Å². The summed E-state index contributed by atoms with van der Waals surface area (Å²) in [7, 11) is 0. The van der Waals surface area contributed by atoms with Gasteiger partial charge in [-0.15, -0.1) is 0 Å². The fraction of sp³-hybridized carbons (Fsp3) is 0.200. The van der Waals surface area contributed by atoms with Gasteiger partial charge >= 0.3 is 0 Å². The summed E-state index contributed by atoms with van der Waals surface area (Å²) < 4.78 is 5.98. The van der Waals surface area contributed by atoms with Crippen LogP contribution < -0.4 is 9.64 Å². The van der Waals surface area contributed by atoms with Crippen molar-refractivity contribution in [2.24, 2.45) is 0 Å². The largest absolute Gasteiger partial charge is 0.457 e. The number of amides is 2. The number of hydrogen-bond donors (Lipinski definition) is 0. The van der Waals surface area contributed by atoms with Crippen LogP contribution in [0.4, 0.5) is 5.69 Å². The maximum atomic E-state index is 11.7. The Bertz CT molecular complexity index is 775. The molecule has 4 nitrogen and oxygen atoms in total. The number of carbonyl (C=O) groups excluding carboxylic acids is 2. The van der Waals surface area contributed by atoms with Gasteiger partial charge in [0.25, 0.3) is 11.8 Å². The summed E-state index contributed by atoms with van der Waals surface area (Å²) in [6, 6.07) is 15.7. The summed E-state index contributed by atoms with van der Waals surface area (Å²) in [5, 5.41) is 0. The van der Waals surface area contributed by atoms with Gasteiger partial charge in [-0.2, -0.15) is 0 Å². The first kappa shape index (κ1) is 16.0. The molecule has 24 heavy (non-hydrogen) atoms. The molecule has 2 aromatic carbocycles. The molecule has 0 saturated heterocycles. The third-order valence-corrected chi connectivity index (χ3v) is 4.13. The minimum atomic E-state index is -0.327. The number of imide groups is 1. The fourth-order valence-electron chi connectivity index (χ4n) is 2.57. The number of anilines is 1. The monoisotopic (exact) mass is 320 g/mol. The molecule has 1 unspecified atom stereocenters. The van der Waals surface area contributed by atoms with E-state index in [9.17, 15) is 9.59 Å². The maximum Gasteiger partial charge on any atom is 0.258 e. The Labute approximate surface area is 141 Å². The second kappa shape index (κ2) is 6.71. The van der Waals surface area contributed by atoms with Gasteiger partial charge in [-0.1, -0.05) is 19.9 Å². The van der Waals surface area contributed by atoms with Gasteiger partial charge in [0.15, 0.2) is 0 Å². The van der Waals surface area contributed by atoms with Crippen molar-refractivity contribution >= 4 is 17.5 Å². The summed E-state index contributed by atoms with van der Waals surface area (Å²) in [6.45, 7) is 4.28. The molecule has 121 valence electrons. The summed E-state index contributed by atoms with van der Waals surface area (Å²) in [5.41, 5.74) is 1.64. The first-order valence-corrected chi connectivity index (χ1v) is 7.94. The molecule has 0 aliphatic carbocycles. The van der Waals surface area contributed by atoms with Gasteiger partial charge in [0, 0.05) is 12.2 Å². The highest BCUT2D eigenvalue weighted by Gasteiger charge is 2.24. The van der Waals surface area contributed by atoms with Crippen molar-refractivity contribution in [3.8, 4) is 11.5 Å². The van der Waals surface area contributed by atoms with Crippen LogP contribution in [0.15, 0.2) is 54.6 Å². The van der Waals surface area contributed by atoms with Gasteiger partial charge in [-0.05, 0) is 60.4 Å². The third kappa shape index (κ3) is 3.08. The van der Waals surface area contributed by atoms with Crippen LogP contribution in [0.5, 0.6) is 11.5 Å². The molecule has 1 atom stereocenters. The fourth-order valence-corrected chi connectivity index (χ4v) is 2.57. The van der Waals surface area contributed by atoms with Crippen molar-refractivity contribution in [2.75, 3.05) is 4.90 Å². The molecule has 0 saturated carbocycles. The number of rotatable bonds is 5. The lowest BCUT2D eigenvalue weighted by Gasteiger charge is -2.17. The van der Waals surface area contributed by atoms with E-state index in [0.717, 1.165) is 22.6 Å². The smallest absolute Gasteiger partial charge is 0.258 e. The summed E-state index contributed by atoms with van der Waals surface area (Å²) in [5.74, 6) is 1.17. The standard InChI is InChI=1S/C20H18NO3/c1-3-14(2)17-6-4-5-7-18(17)24-16-10-8-15(9-11-16)21-19(22)12-13-20(21)23/h5-14H,3H2,1-2H3. The SMILES string of the molecule is CCC(C)c1c[c]ccc1Oc1ccc(N2C(=O)C=CC2=O)cc1. The van der Waals surface area contributed by atoms with E-state index in [1.165, 1.54) is 12.2 Å². The Balaban J connectivity index is 1.81. The van der Waals surface area contributed by atoms with E-state index < -0.39 is 0 Å². The first-order chi connectivity index (χ1) is 11.6. The van der Waals surface area contributed by atoms with Crippen molar-refractivity contribution in [2.45, 2.75) is 26.2 Å². The van der Waals surface area contributed by atoms with Crippen molar-refractivity contribution in [1.29, 1.82) is 0 Å². The molecular formula is C20H18NO3. The van der Waals surface area contributed by atoms with Gasteiger partial charge in [0.2, 0.25) is 0 Å². The zero-order valence-corrected chi connectivity index (χ0v) is 13.7. The Morgan fingerprint density at radius 1 is 1.08 bits per heavy atom. The summed E-state index contributed by atoms with van der Waals surface area (Å²) in [6.07, 6.45) is 3.55. The van der Waals surface area contributed by atoms with Crippen LogP contribution in [0.1, 0.15) is 31.7 Å². The second-order valence-corrected chi connectivity index (χ2v) is 5.71. The molecule has 0 aromatic heterocycles. The van der Waals surface area contributed by atoms with Crippen LogP contribution in [0.2, 0.25) is 0 Å². The normalized spacial score (nSPS) is 15.0. The van der Waals surface area contributed by atoms with E-state index in [1.54, 1.807) is 24.3 Å². The highest BCUT2D eigenvalue weighted by Crippen LogP contribution is 2.32.